The van der Waals surface area contributed by atoms with E-state index in [4.69, 9.17) is 19.4 Å². The Morgan fingerprint density at radius 2 is 1.50 bits per heavy atom. The molecule has 5 N–H and O–H groups in total. The first-order chi connectivity index (χ1) is 28.1. The maximum atomic E-state index is 14.0. The number of benzene rings is 2. The summed E-state index contributed by atoms with van der Waals surface area (Å²) in [4.78, 5) is 71.7. The Hall–Kier alpha value is -5.88. The molecule has 15 nitrogen and oxygen atoms in total. The second kappa shape index (κ2) is 15.1. The van der Waals surface area contributed by atoms with Crippen LogP contribution < -0.4 is 10.6 Å². The highest BCUT2D eigenvalue weighted by Gasteiger charge is 2.57. The van der Waals surface area contributed by atoms with Crippen molar-refractivity contribution in [3.8, 4) is 23.1 Å². The summed E-state index contributed by atoms with van der Waals surface area (Å²) in [5.74, 6) is 8.13. The molecular formula is C43H48N8O7. The number of hydrogen-bond donors (Lipinski definition) is 5. The predicted octanol–water partition coefficient (Wildman–Crippen LogP) is 5.12. The zero-order valence-electron chi connectivity index (χ0n) is 32.7. The number of aromatic amines is 2. The van der Waals surface area contributed by atoms with E-state index in [0.29, 0.717) is 49.4 Å². The molecule has 3 aliphatic heterocycles. The van der Waals surface area contributed by atoms with Gasteiger partial charge in [0, 0.05) is 48.8 Å². The minimum Gasteiger partial charge on any atom is -0.465 e. The van der Waals surface area contributed by atoms with Gasteiger partial charge >= 0.3 is 12.2 Å². The number of piperidine rings is 2. The SMILES string of the molecule is COC(=O)N[C@H](C(=O)N1C2C[C@@H]2C[C@H]1c1nc(-c2ccc3cc(C#Cc4c[nH]c([C@@H]5C[C@H]6C[C@H]6N5C(=O)[C@@H](NC(=O)O)C5CCOCC5)n4)ccc3c2)c[nH]1)C(C)C. The first kappa shape index (κ1) is 37.7. The molecule has 1 unspecified atom stereocenters. The summed E-state index contributed by atoms with van der Waals surface area (Å²) < 4.78 is 10.3. The van der Waals surface area contributed by atoms with Crippen LogP contribution in [0.1, 0.15) is 87.4 Å². The Morgan fingerprint density at radius 1 is 0.845 bits per heavy atom. The van der Waals surface area contributed by atoms with Crippen LogP contribution in [0, 0.1) is 35.5 Å². The van der Waals surface area contributed by atoms with Crippen molar-refractivity contribution in [2.24, 2.45) is 23.7 Å². The van der Waals surface area contributed by atoms with Crippen molar-refractivity contribution in [2.75, 3.05) is 20.3 Å². The molecule has 15 heteroatoms. The Bertz CT molecular complexity index is 2320. The number of nitrogens with one attached hydrogen (secondary N) is 4. The molecule has 2 aromatic carbocycles. The molecule has 2 aromatic heterocycles. The molecule has 4 aromatic rings. The van der Waals surface area contributed by atoms with E-state index in [1.165, 1.54) is 7.11 Å². The first-order valence-corrected chi connectivity index (χ1v) is 20.3. The molecule has 0 spiro atoms. The molecule has 2 aliphatic carbocycles. The van der Waals surface area contributed by atoms with Crippen LogP contribution in [0.25, 0.3) is 22.0 Å². The number of amides is 4. The van der Waals surface area contributed by atoms with Gasteiger partial charge in [-0.05, 0) is 97.1 Å². The lowest BCUT2D eigenvalue weighted by molar-refractivity contribution is -0.138. The standard InChI is InChI=1S/C43H48N8O7/c1-22(2)36(49-43(56)57-3)40(52)50-32-16-29(32)19-35(50)39-45-21-31(47-39)27-8-7-25-14-23(4-6-26(25)15-27)5-9-30-20-44-38(46-30)34-18-28-17-33(28)51(34)41(53)37(48-42(54)55)24-10-12-58-13-11-24/h4,6-8,14-15,20-22,24,28-29,32-37,48H,10-13,16-19H2,1-3H3,(H,44,46)(H,45,47)(H,49,56)(H,54,55)/t28-,29-,32?,33-,34+,35+,36+,37+/m1/s1. The second-order valence-corrected chi connectivity index (χ2v) is 16.7. The molecule has 3 saturated heterocycles. The van der Waals surface area contributed by atoms with Gasteiger partial charge in [-0.25, -0.2) is 19.6 Å². The molecule has 9 rings (SSSR count). The number of carbonyl (C=O) groups excluding carboxylic acids is 3. The monoisotopic (exact) mass is 788 g/mol. The van der Waals surface area contributed by atoms with Crippen LogP contribution >= 0.6 is 0 Å². The van der Waals surface area contributed by atoms with Gasteiger partial charge in [0.15, 0.2) is 0 Å². The molecule has 4 amide bonds. The van der Waals surface area contributed by atoms with Gasteiger partial charge in [-0.3, -0.25) is 9.59 Å². The number of alkyl carbamates (subject to hydrolysis) is 1. The number of rotatable bonds is 9. The second-order valence-electron chi connectivity index (χ2n) is 16.7. The van der Waals surface area contributed by atoms with Crippen LogP contribution in [0.5, 0.6) is 0 Å². The molecule has 0 bridgehead atoms. The van der Waals surface area contributed by atoms with E-state index in [9.17, 15) is 24.3 Å². The average molecular weight is 789 g/mol. The van der Waals surface area contributed by atoms with Crippen molar-refractivity contribution in [3.63, 3.8) is 0 Å². The van der Waals surface area contributed by atoms with Crippen molar-refractivity contribution < 1.29 is 33.8 Å². The lowest BCUT2D eigenvalue weighted by Gasteiger charge is -2.35. The number of nitrogens with zero attached hydrogens (tertiary/aromatic N) is 4. The Labute approximate surface area is 335 Å². The molecule has 5 heterocycles. The van der Waals surface area contributed by atoms with Gasteiger partial charge in [0.05, 0.1) is 24.9 Å². The molecular weight excluding hydrogens is 741 g/mol. The van der Waals surface area contributed by atoms with Crippen LogP contribution in [0.3, 0.4) is 0 Å². The van der Waals surface area contributed by atoms with Gasteiger partial charge in [0.2, 0.25) is 11.8 Å². The molecule has 302 valence electrons. The molecule has 2 saturated carbocycles. The van der Waals surface area contributed by atoms with Crippen molar-refractivity contribution >= 4 is 34.8 Å². The number of aromatic nitrogens is 4. The fraction of sp³-hybridized carbons (Fsp3) is 0.488. The van der Waals surface area contributed by atoms with E-state index in [0.717, 1.165) is 59.1 Å². The minimum absolute atomic E-state index is 0.0999. The number of hydrogen-bond acceptors (Lipinski definition) is 8. The lowest BCUT2D eigenvalue weighted by atomic mass is 9.90. The number of H-pyrrole nitrogens is 2. The van der Waals surface area contributed by atoms with Gasteiger partial charge in [-0.2, -0.15) is 0 Å². The van der Waals surface area contributed by atoms with Gasteiger partial charge in [-0.15, -0.1) is 0 Å². The largest absolute Gasteiger partial charge is 0.465 e. The number of likely N-dealkylation sites (tertiary alicyclic amines) is 2. The first-order valence-electron chi connectivity index (χ1n) is 20.3. The molecule has 5 aliphatic rings. The fourth-order valence-electron chi connectivity index (χ4n) is 9.46. The van der Waals surface area contributed by atoms with E-state index in [2.05, 4.69) is 38.5 Å². The third kappa shape index (κ3) is 7.25. The van der Waals surface area contributed by atoms with Gasteiger partial charge in [-0.1, -0.05) is 38.0 Å². The van der Waals surface area contributed by atoms with Gasteiger partial charge in [0.1, 0.15) is 29.4 Å². The molecule has 8 atom stereocenters. The summed E-state index contributed by atoms with van der Waals surface area (Å²) in [5, 5.41) is 16.9. The normalized spacial score (nSPS) is 25.7. The van der Waals surface area contributed by atoms with E-state index >= 15 is 0 Å². The number of fused-ring (bicyclic) bond motifs is 3. The summed E-state index contributed by atoms with van der Waals surface area (Å²) in [6.07, 6.45) is 6.60. The summed E-state index contributed by atoms with van der Waals surface area (Å²) in [6, 6.07) is 10.5. The minimum atomic E-state index is -1.20. The van der Waals surface area contributed by atoms with Crippen molar-refractivity contribution in [1.82, 2.24) is 40.4 Å². The van der Waals surface area contributed by atoms with Crippen molar-refractivity contribution in [3.05, 3.63) is 71.7 Å². The van der Waals surface area contributed by atoms with Crippen molar-refractivity contribution in [1.29, 1.82) is 0 Å². The zero-order valence-corrected chi connectivity index (χ0v) is 32.7. The number of methoxy groups -OCH3 is 1. The van der Waals surface area contributed by atoms with E-state index in [-0.39, 0.29) is 47.8 Å². The fourth-order valence-corrected chi connectivity index (χ4v) is 9.46. The summed E-state index contributed by atoms with van der Waals surface area (Å²) >= 11 is 0. The van der Waals surface area contributed by atoms with E-state index < -0.39 is 24.3 Å². The Kier molecular flexibility index (Phi) is 9.83. The Morgan fingerprint density at radius 3 is 2.19 bits per heavy atom. The van der Waals surface area contributed by atoms with Gasteiger partial charge < -0.3 is 45.0 Å². The summed E-state index contributed by atoms with van der Waals surface area (Å²) in [6.45, 7) is 4.86. The van der Waals surface area contributed by atoms with Crippen LogP contribution in [0.2, 0.25) is 0 Å². The quantitative estimate of drug-likeness (QED) is 0.143. The van der Waals surface area contributed by atoms with E-state index in [1.807, 2.05) is 60.2 Å². The maximum Gasteiger partial charge on any atom is 0.407 e. The maximum absolute atomic E-state index is 14.0. The lowest BCUT2D eigenvalue weighted by Crippen LogP contribution is -2.53. The van der Waals surface area contributed by atoms with Gasteiger partial charge in [0.25, 0.3) is 0 Å². The molecule has 58 heavy (non-hydrogen) atoms. The highest BCUT2D eigenvalue weighted by atomic mass is 16.5. The highest BCUT2D eigenvalue weighted by Crippen LogP contribution is 2.54. The third-order valence-electron chi connectivity index (χ3n) is 12.7. The molecule has 5 fully saturated rings. The van der Waals surface area contributed by atoms with E-state index in [1.54, 1.807) is 6.20 Å². The number of carboxylic acid groups (broad SMARTS) is 1. The smallest absolute Gasteiger partial charge is 0.407 e. The van der Waals surface area contributed by atoms with Crippen LogP contribution in [-0.2, 0) is 19.1 Å². The number of carbonyl (C=O) groups is 4. The van der Waals surface area contributed by atoms with Crippen LogP contribution in [0.4, 0.5) is 9.59 Å². The topological polar surface area (TPSA) is 195 Å². The average Bonchev–Trinajstić information content (AvgIpc) is 3.82. The highest BCUT2D eigenvalue weighted by molar-refractivity contribution is 5.89. The van der Waals surface area contributed by atoms with Crippen LogP contribution in [0.15, 0.2) is 48.8 Å². The summed E-state index contributed by atoms with van der Waals surface area (Å²) in [5.41, 5.74) is 3.13. The molecule has 0 radical (unpaired) electrons. The van der Waals surface area contributed by atoms with Crippen LogP contribution in [-0.4, -0.2) is 103 Å². The predicted molar refractivity (Wildman–Crippen MR) is 211 cm³/mol. The zero-order chi connectivity index (χ0) is 40.2. The Balaban J connectivity index is 0.880. The third-order valence-corrected chi connectivity index (χ3v) is 12.7. The van der Waals surface area contributed by atoms with Crippen molar-refractivity contribution in [2.45, 2.75) is 88.6 Å². The number of imidazole rings is 2. The number of ether oxygens (including phenoxy) is 2. The summed E-state index contributed by atoms with van der Waals surface area (Å²) in [7, 11) is 1.30.